The lowest BCUT2D eigenvalue weighted by atomic mass is 10.0. The zero-order valence-corrected chi connectivity index (χ0v) is 15.2. The molecule has 0 aliphatic rings. The molecule has 3 rings (SSSR count). The Morgan fingerprint density at radius 3 is 2.48 bits per heavy atom. The normalized spacial score (nSPS) is 11.5. The number of alkyl halides is 3. The molecule has 3 aromatic rings. The lowest BCUT2D eigenvalue weighted by Gasteiger charge is -2.12. The lowest BCUT2D eigenvalue weighted by molar-refractivity contribution is -0.138. The number of halogens is 4. The predicted octanol–water partition coefficient (Wildman–Crippen LogP) is 5.62. The minimum Gasteiger partial charge on any atom is -0.322 e. The van der Waals surface area contributed by atoms with Crippen LogP contribution in [0.2, 0.25) is 5.02 Å². The van der Waals surface area contributed by atoms with Crippen LogP contribution in [0.3, 0.4) is 0 Å². The zero-order valence-electron chi connectivity index (χ0n) is 14.4. The van der Waals surface area contributed by atoms with Crippen molar-refractivity contribution in [1.82, 2.24) is 10.2 Å². The van der Waals surface area contributed by atoms with E-state index < -0.39 is 17.6 Å². The van der Waals surface area contributed by atoms with E-state index in [1.165, 1.54) is 19.1 Å². The van der Waals surface area contributed by atoms with Crippen LogP contribution in [-0.2, 0) is 6.18 Å². The molecular formula is C19H15ClF3N3O. The van der Waals surface area contributed by atoms with Gasteiger partial charge in [0.1, 0.15) is 5.69 Å². The first-order chi connectivity index (χ1) is 12.7. The Labute approximate surface area is 158 Å². The van der Waals surface area contributed by atoms with Crippen molar-refractivity contribution < 1.29 is 18.0 Å². The zero-order chi connectivity index (χ0) is 19.8. The molecule has 2 N–H and O–H groups in total. The van der Waals surface area contributed by atoms with Crippen LogP contribution in [-0.4, -0.2) is 16.1 Å². The third kappa shape index (κ3) is 3.83. The number of aromatic amines is 1. The predicted molar refractivity (Wildman–Crippen MR) is 97.9 cm³/mol. The van der Waals surface area contributed by atoms with Crippen LogP contribution in [0.15, 0.2) is 42.5 Å². The average Bonchev–Trinajstić information content (AvgIpc) is 2.95. The molecule has 0 unspecified atom stereocenters. The SMILES string of the molecule is Cc1cc(NC(=O)c2c(-c3ccccc3Cl)n[nH]c2C)ccc1C(F)(F)F. The van der Waals surface area contributed by atoms with Gasteiger partial charge in [0.25, 0.3) is 5.91 Å². The first-order valence-electron chi connectivity index (χ1n) is 7.97. The van der Waals surface area contributed by atoms with E-state index in [9.17, 15) is 18.0 Å². The van der Waals surface area contributed by atoms with Crippen LogP contribution in [0.4, 0.5) is 18.9 Å². The number of amides is 1. The summed E-state index contributed by atoms with van der Waals surface area (Å²) in [5.41, 5.74) is 1.30. The number of nitrogens with zero attached hydrogens (tertiary/aromatic N) is 1. The van der Waals surface area contributed by atoms with Crippen molar-refractivity contribution in [2.45, 2.75) is 20.0 Å². The molecule has 0 aliphatic heterocycles. The van der Waals surface area contributed by atoms with Gasteiger partial charge in [0, 0.05) is 16.9 Å². The molecule has 0 bridgehead atoms. The van der Waals surface area contributed by atoms with Crippen molar-refractivity contribution >= 4 is 23.2 Å². The summed E-state index contributed by atoms with van der Waals surface area (Å²) in [7, 11) is 0. The summed E-state index contributed by atoms with van der Waals surface area (Å²) < 4.78 is 38.7. The van der Waals surface area contributed by atoms with Gasteiger partial charge in [-0.15, -0.1) is 0 Å². The van der Waals surface area contributed by atoms with Crippen molar-refractivity contribution in [2.75, 3.05) is 5.32 Å². The Kier molecular flexibility index (Phi) is 4.97. The standard InChI is InChI=1S/C19H15ClF3N3O/c1-10-9-12(7-8-14(10)19(21,22)23)24-18(27)16-11(2)25-26-17(16)13-5-3-4-6-15(13)20/h3-9H,1-2H3,(H,24,27)(H,25,26). The molecule has 1 aromatic heterocycles. The Morgan fingerprint density at radius 1 is 1.15 bits per heavy atom. The van der Waals surface area contributed by atoms with E-state index in [0.29, 0.717) is 22.0 Å². The molecule has 1 amide bonds. The number of carbonyl (C=O) groups is 1. The largest absolute Gasteiger partial charge is 0.416 e. The molecule has 0 fully saturated rings. The number of benzene rings is 2. The Balaban J connectivity index is 1.93. The van der Waals surface area contributed by atoms with Crippen LogP contribution >= 0.6 is 11.6 Å². The average molecular weight is 394 g/mol. The Morgan fingerprint density at radius 2 is 1.85 bits per heavy atom. The molecule has 0 aliphatic carbocycles. The minimum absolute atomic E-state index is 0.0237. The lowest BCUT2D eigenvalue weighted by Crippen LogP contribution is -2.14. The number of nitrogens with one attached hydrogen (secondary N) is 2. The van der Waals surface area contributed by atoms with Crippen molar-refractivity contribution in [3.8, 4) is 11.3 Å². The Bertz CT molecular complexity index is 1010. The van der Waals surface area contributed by atoms with Gasteiger partial charge in [-0.05, 0) is 43.7 Å². The fourth-order valence-corrected chi connectivity index (χ4v) is 3.03. The second kappa shape index (κ2) is 7.08. The third-order valence-electron chi connectivity index (χ3n) is 4.09. The van der Waals surface area contributed by atoms with Gasteiger partial charge in [-0.3, -0.25) is 9.89 Å². The Hall–Kier alpha value is -2.80. The van der Waals surface area contributed by atoms with E-state index >= 15 is 0 Å². The molecule has 0 saturated carbocycles. The topological polar surface area (TPSA) is 57.8 Å². The van der Waals surface area contributed by atoms with E-state index in [1.54, 1.807) is 31.2 Å². The number of rotatable bonds is 3. The van der Waals surface area contributed by atoms with Crippen LogP contribution in [0.5, 0.6) is 0 Å². The highest BCUT2D eigenvalue weighted by atomic mass is 35.5. The van der Waals surface area contributed by atoms with Gasteiger partial charge in [0.15, 0.2) is 0 Å². The fraction of sp³-hybridized carbons (Fsp3) is 0.158. The highest BCUT2D eigenvalue weighted by Crippen LogP contribution is 2.34. The molecule has 0 radical (unpaired) electrons. The molecule has 0 atom stereocenters. The number of anilines is 1. The summed E-state index contributed by atoms with van der Waals surface area (Å²) in [5, 5.41) is 9.96. The second-order valence-corrected chi connectivity index (χ2v) is 6.44. The highest BCUT2D eigenvalue weighted by molar-refractivity contribution is 6.33. The van der Waals surface area contributed by atoms with Crippen LogP contribution < -0.4 is 5.32 Å². The first-order valence-corrected chi connectivity index (χ1v) is 8.35. The molecule has 1 heterocycles. The van der Waals surface area contributed by atoms with E-state index in [-0.39, 0.29) is 16.8 Å². The van der Waals surface area contributed by atoms with Crippen LogP contribution in [0, 0.1) is 13.8 Å². The van der Waals surface area contributed by atoms with Gasteiger partial charge >= 0.3 is 6.18 Å². The molecule has 0 spiro atoms. The number of hydrogen-bond acceptors (Lipinski definition) is 2. The van der Waals surface area contributed by atoms with Crippen molar-refractivity contribution in [3.63, 3.8) is 0 Å². The molecule has 8 heteroatoms. The molecule has 2 aromatic carbocycles. The quantitative estimate of drug-likeness (QED) is 0.607. The smallest absolute Gasteiger partial charge is 0.322 e. The summed E-state index contributed by atoms with van der Waals surface area (Å²) in [4.78, 5) is 12.8. The van der Waals surface area contributed by atoms with Gasteiger partial charge < -0.3 is 5.32 Å². The van der Waals surface area contributed by atoms with E-state index in [4.69, 9.17) is 11.6 Å². The summed E-state index contributed by atoms with van der Waals surface area (Å²) >= 11 is 6.19. The molecule has 4 nitrogen and oxygen atoms in total. The summed E-state index contributed by atoms with van der Waals surface area (Å²) in [6, 6.07) is 10.4. The van der Waals surface area contributed by atoms with Crippen LogP contribution in [0.25, 0.3) is 11.3 Å². The molecule has 140 valence electrons. The van der Waals surface area contributed by atoms with Gasteiger partial charge in [0.2, 0.25) is 0 Å². The maximum absolute atomic E-state index is 12.9. The fourth-order valence-electron chi connectivity index (χ4n) is 2.81. The first kappa shape index (κ1) is 19.0. The molecule has 27 heavy (non-hydrogen) atoms. The number of aryl methyl sites for hydroxylation is 2. The second-order valence-electron chi connectivity index (χ2n) is 6.03. The summed E-state index contributed by atoms with van der Waals surface area (Å²) in [6.45, 7) is 3.02. The minimum atomic E-state index is -4.44. The highest BCUT2D eigenvalue weighted by Gasteiger charge is 2.32. The van der Waals surface area contributed by atoms with Crippen molar-refractivity contribution in [1.29, 1.82) is 0 Å². The van der Waals surface area contributed by atoms with Gasteiger partial charge in [-0.25, -0.2) is 0 Å². The number of hydrogen-bond donors (Lipinski definition) is 2. The summed E-state index contributed by atoms with van der Waals surface area (Å²) in [6.07, 6.45) is -4.44. The molecular weight excluding hydrogens is 379 g/mol. The number of carbonyl (C=O) groups excluding carboxylic acids is 1. The van der Waals surface area contributed by atoms with Gasteiger partial charge in [0.05, 0.1) is 16.1 Å². The summed E-state index contributed by atoms with van der Waals surface area (Å²) in [5.74, 6) is -0.490. The van der Waals surface area contributed by atoms with Crippen molar-refractivity contribution in [2.24, 2.45) is 0 Å². The maximum atomic E-state index is 12.9. The monoisotopic (exact) mass is 393 g/mol. The van der Waals surface area contributed by atoms with E-state index in [2.05, 4.69) is 15.5 Å². The maximum Gasteiger partial charge on any atom is 0.416 e. The van der Waals surface area contributed by atoms with Gasteiger partial charge in [-0.2, -0.15) is 18.3 Å². The third-order valence-corrected chi connectivity index (χ3v) is 4.42. The van der Waals surface area contributed by atoms with E-state index in [1.807, 2.05) is 0 Å². The number of aromatic nitrogens is 2. The molecule has 0 saturated heterocycles. The van der Waals surface area contributed by atoms with Crippen molar-refractivity contribution in [3.05, 3.63) is 69.9 Å². The van der Waals surface area contributed by atoms with Crippen LogP contribution in [0.1, 0.15) is 27.2 Å². The number of H-pyrrole nitrogens is 1. The van der Waals surface area contributed by atoms with E-state index in [0.717, 1.165) is 6.07 Å². The van der Waals surface area contributed by atoms with Gasteiger partial charge in [-0.1, -0.05) is 29.8 Å².